The minimum absolute atomic E-state index is 0.0183. The summed E-state index contributed by atoms with van der Waals surface area (Å²) in [6.45, 7) is 5.19. The Kier molecular flexibility index (Phi) is 5.01. The van der Waals surface area contributed by atoms with Gasteiger partial charge in [-0.2, -0.15) is 0 Å². The van der Waals surface area contributed by atoms with Gasteiger partial charge in [0, 0.05) is 24.0 Å². The van der Waals surface area contributed by atoms with Crippen LogP contribution in [-0.2, 0) is 4.74 Å². The number of ether oxygens (including phenoxy) is 2. The number of benzene rings is 2. The number of aromatic nitrogens is 1. The Morgan fingerprint density at radius 3 is 2.57 bits per heavy atom. The van der Waals surface area contributed by atoms with Crippen LogP contribution in [0.25, 0.3) is 22.2 Å². The van der Waals surface area contributed by atoms with Crippen molar-refractivity contribution in [3.8, 4) is 17.0 Å². The smallest absolute Gasteiger partial charge is 0.254 e. The number of amides is 1. The number of rotatable bonds is 3. The van der Waals surface area contributed by atoms with Crippen molar-refractivity contribution in [1.29, 1.82) is 0 Å². The van der Waals surface area contributed by atoms with Crippen LogP contribution in [0.5, 0.6) is 5.75 Å². The molecule has 0 saturated carbocycles. The largest absolute Gasteiger partial charge is 0.497 e. The summed E-state index contributed by atoms with van der Waals surface area (Å²) < 4.78 is 11.1. The van der Waals surface area contributed by atoms with Crippen molar-refractivity contribution in [3.63, 3.8) is 0 Å². The normalized spacial score (nSPS) is 19.6. The van der Waals surface area contributed by atoms with Crippen LogP contribution >= 0.6 is 0 Å². The minimum Gasteiger partial charge on any atom is -0.497 e. The monoisotopic (exact) mass is 376 g/mol. The van der Waals surface area contributed by atoms with E-state index in [2.05, 4.69) is 0 Å². The summed E-state index contributed by atoms with van der Waals surface area (Å²) in [6.07, 6.45) is 0.0531. The lowest BCUT2D eigenvalue weighted by Gasteiger charge is -2.35. The van der Waals surface area contributed by atoms with Crippen LogP contribution in [0.3, 0.4) is 0 Å². The summed E-state index contributed by atoms with van der Waals surface area (Å²) in [5.74, 6) is 0.779. The van der Waals surface area contributed by atoms with Crippen LogP contribution < -0.4 is 4.74 Å². The summed E-state index contributed by atoms with van der Waals surface area (Å²) in [7, 11) is 1.64. The minimum atomic E-state index is 0.0183. The second-order valence-corrected chi connectivity index (χ2v) is 7.27. The van der Waals surface area contributed by atoms with Crippen molar-refractivity contribution >= 4 is 16.8 Å². The van der Waals surface area contributed by atoms with E-state index < -0.39 is 0 Å². The molecule has 1 saturated heterocycles. The SMILES string of the molecule is COc1cccc(-c2cc(C(=O)N3CC(C)OC(C)C3)c3ccccc3n2)c1. The first-order chi connectivity index (χ1) is 13.5. The van der Waals surface area contributed by atoms with Crippen LogP contribution in [0.15, 0.2) is 54.6 Å². The lowest BCUT2D eigenvalue weighted by Crippen LogP contribution is -2.48. The average molecular weight is 376 g/mol. The summed E-state index contributed by atoms with van der Waals surface area (Å²) in [5.41, 5.74) is 3.16. The van der Waals surface area contributed by atoms with Crippen molar-refractivity contribution < 1.29 is 14.3 Å². The molecule has 28 heavy (non-hydrogen) atoms. The Morgan fingerprint density at radius 2 is 1.82 bits per heavy atom. The molecule has 0 spiro atoms. The lowest BCUT2D eigenvalue weighted by atomic mass is 10.0. The van der Waals surface area contributed by atoms with E-state index in [1.165, 1.54) is 0 Å². The van der Waals surface area contributed by atoms with Crippen molar-refractivity contribution in [1.82, 2.24) is 9.88 Å². The molecule has 2 atom stereocenters. The molecule has 0 N–H and O–H groups in total. The standard InChI is InChI=1S/C23H24N2O3/c1-15-13-25(14-16(2)28-15)23(26)20-12-22(17-7-6-8-18(11-17)27-3)24-21-10-5-4-9-19(20)21/h4-12,15-16H,13-14H2,1-3H3. The Morgan fingerprint density at radius 1 is 1.07 bits per heavy atom. The van der Waals surface area contributed by atoms with E-state index in [0.717, 1.165) is 27.9 Å². The zero-order chi connectivity index (χ0) is 19.7. The molecular formula is C23H24N2O3. The van der Waals surface area contributed by atoms with Gasteiger partial charge in [0.15, 0.2) is 0 Å². The second-order valence-electron chi connectivity index (χ2n) is 7.27. The van der Waals surface area contributed by atoms with Gasteiger partial charge in [-0.25, -0.2) is 4.98 Å². The number of para-hydroxylation sites is 1. The van der Waals surface area contributed by atoms with E-state index >= 15 is 0 Å². The molecular weight excluding hydrogens is 352 g/mol. The van der Waals surface area contributed by atoms with E-state index in [4.69, 9.17) is 14.5 Å². The van der Waals surface area contributed by atoms with Gasteiger partial charge in [-0.15, -0.1) is 0 Å². The molecule has 2 heterocycles. The highest BCUT2D eigenvalue weighted by molar-refractivity contribution is 6.07. The number of methoxy groups -OCH3 is 1. The Labute approximate surface area is 164 Å². The summed E-state index contributed by atoms with van der Waals surface area (Å²) in [4.78, 5) is 20.1. The molecule has 0 bridgehead atoms. The van der Waals surface area contributed by atoms with E-state index in [0.29, 0.717) is 18.7 Å². The molecule has 1 aliphatic heterocycles. The molecule has 1 fully saturated rings. The fourth-order valence-corrected chi connectivity index (χ4v) is 3.80. The third kappa shape index (κ3) is 3.58. The van der Waals surface area contributed by atoms with Gasteiger partial charge >= 0.3 is 0 Å². The fourth-order valence-electron chi connectivity index (χ4n) is 3.80. The van der Waals surface area contributed by atoms with Crippen LogP contribution in [0.2, 0.25) is 0 Å². The number of hydrogen-bond donors (Lipinski definition) is 0. The number of nitrogens with zero attached hydrogens (tertiary/aromatic N) is 2. The Balaban J connectivity index is 1.81. The molecule has 1 aromatic heterocycles. The Hall–Kier alpha value is -2.92. The number of carbonyl (C=O) groups excluding carboxylic acids is 1. The van der Waals surface area contributed by atoms with Gasteiger partial charge in [0.25, 0.3) is 5.91 Å². The molecule has 1 amide bonds. The van der Waals surface area contributed by atoms with Crippen LogP contribution in [0.1, 0.15) is 24.2 Å². The first-order valence-electron chi connectivity index (χ1n) is 9.54. The zero-order valence-corrected chi connectivity index (χ0v) is 16.4. The lowest BCUT2D eigenvalue weighted by molar-refractivity contribution is -0.0585. The Bertz CT molecular complexity index is 1010. The molecule has 2 unspecified atom stereocenters. The quantitative estimate of drug-likeness (QED) is 0.689. The topological polar surface area (TPSA) is 51.7 Å². The first kappa shape index (κ1) is 18.4. The molecule has 3 aromatic rings. The number of carbonyl (C=O) groups is 1. The molecule has 1 aliphatic rings. The predicted molar refractivity (Wildman–Crippen MR) is 110 cm³/mol. The van der Waals surface area contributed by atoms with Gasteiger partial charge in [-0.3, -0.25) is 4.79 Å². The van der Waals surface area contributed by atoms with Gasteiger partial charge in [0.05, 0.1) is 36.1 Å². The van der Waals surface area contributed by atoms with Crippen molar-refractivity contribution in [3.05, 3.63) is 60.2 Å². The summed E-state index contributed by atoms with van der Waals surface area (Å²) in [6, 6.07) is 17.4. The second kappa shape index (κ2) is 7.60. The third-order valence-electron chi connectivity index (χ3n) is 5.02. The highest BCUT2D eigenvalue weighted by Crippen LogP contribution is 2.28. The van der Waals surface area contributed by atoms with E-state index in [1.807, 2.05) is 73.3 Å². The average Bonchev–Trinajstić information content (AvgIpc) is 2.71. The predicted octanol–water partition coefficient (Wildman–Crippen LogP) is 4.16. The maximum absolute atomic E-state index is 13.4. The van der Waals surface area contributed by atoms with Crippen molar-refractivity contribution in [2.24, 2.45) is 0 Å². The van der Waals surface area contributed by atoms with Gasteiger partial charge in [0.1, 0.15) is 5.75 Å². The number of fused-ring (bicyclic) bond motifs is 1. The van der Waals surface area contributed by atoms with Crippen LogP contribution in [-0.4, -0.2) is 48.2 Å². The van der Waals surface area contributed by atoms with Gasteiger partial charge in [0.2, 0.25) is 0 Å². The highest BCUT2D eigenvalue weighted by Gasteiger charge is 2.28. The summed E-state index contributed by atoms with van der Waals surface area (Å²) in [5, 5.41) is 0.867. The fraction of sp³-hybridized carbons (Fsp3) is 0.304. The molecule has 5 heteroatoms. The van der Waals surface area contributed by atoms with Crippen molar-refractivity contribution in [2.45, 2.75) is 26.1 Å². The molecule has 4 rings (SSSR count). The van der Waals surface area contributed by atoms with Gasteiger partial charge < -0.3 is 14.4 Å². The maximum atomic E-state index is 13.4. The molecule has 144 valence electrons. The zero-order valence-electron chi connectivity index (χ0n) is 16.4. The van der Waals surface area contributed by atoms with Gasteiger partial charge in [-0.05, 0) is 38.1 Å². The van der Waals surface area contributed by atoms with Gasteiger partial charge in [-0.1, -0.05) is 30.3 Å². The van der Waals surface area contributed by atoms with E-state index in [9.17, 15) is 4.79 Å². The van der Waals surface area contributed by atoms with Crippen molar-refractivity contribution in [2.75, 3.05) is 20.2 Å². The first-order valence-corrected chi connectivity index (χ1v) is 9.54. The summed E-state index contributed by atoms with van der Waals surface area (Å²) >= 11 is 0. The molecule has 0 radical (unpaired) electrons. The van der Waals surface area contributed by atoms with E-state index in [1.54, 1.807) is 7.11 Å². The molecule has 0 aliphatic carbocycles. The van der Waals surface area contributed by atoms with Crippen LogP contribution in [0, 0.1) is 0 Å². The third-order valence-corrected chi connectivity index (χ3v) is 5.02. The van der Waals surface area contributed by atoms with E-state index in [-0.39, 0.29) is 18.1 Å². The number of pyridine rings is 1. The molecule has 2 aromatic carbocycles. The molecule has 5 nitrogen and oxygen atoms in total. The maximum Gasteiger partial charge on any atom is 0.254 e. The number of hydrogen-bond acceptors (Lipinski definition) is 4. The number of morpholine rings is 1. The highest BCUT2D eigenvalue weighted by atomic mass is 16.5. The van der Waals surface area contributed by atoms with Crippen LogP contribution in [0.4, 0.5) is 0 Å².